The molecule has 0 N–H and O–H groups in total. The van der Waals surface area contributed by atoms with E-state index >= 15 is 0 Å². The Morgan fingerprint density at radius 3 is 1.62 bits per heavy atom. The molecule has 0 atom stereocenters. The van der Waals surface area contributed by atoms with Crippen molar-refractivity contribution in [3.63, 3.8) is 0 Å². The van der Waals surface area contributed by atoms with Crippen molar-refractivity contribution in [2.45, 2.75) is 12.8 Å². The van der Waals surface area contributed by atoms with E-state index in [1.807, 2.05) is 0 Å². The maximum Gasteiger partial charge on any atom is -0.0313 e. The van der Waals surface area contributed by atoms with Crippen molar-refractivity contribution in [1.82, 2.24) is 0 Å². The van der Waals surface area contributed by atoms with Gasteiger partial charge in [0, 0.05) is 0 Å². The monoisotopic (exact) mass is 106 g/mol. The maximum absolute atomic E-state index is 2.18. The van der Waals surface area contributed by atoms with E-state index in [1.165, 1.54) is 12.8 Å². The molecule has 0 unspecified atom stereocenters. The van der Waals surface area contributed by atoms with Crippen LogP contribution in [0.4, 0.5) is 0 Å². The third kappa shape index (κ3) is 1.78. The predicted molar refractivity (Wildman–Crippen MR) is 36.7 cm³/mol. The molecule has 0 radical (unpaired) electrons. The van der Waals surface area contributed by atoms with E-state index in [0.717, 1.165) is 0 Å². The van der Waals surface area contributed by atoms with Crippen LogP contribution in [0.1, 0.15) is 12.8 Å². The topological polar surface area (TPSA) is 0 Å². The first kappa shape index (κ1) is 5.36. The van der Waals surface area contributed by atoms with Gasteiger partial charge in [-0.3, -0.25) is 0 Å². The molecule has 1 aliphatic carbocycles. The second kappa shape index (κ2) is 3.25. The smallest absolute Gasteiger partial charge is 0.0313 e. The van der Waals surface area contributed by atoms with Gasteiger partial charge in [-0.15, -0.1) is 0 Å². The second-order valence-corrected chi connectivity index (χ2v) is 1.82. The zero-order valence-corrected chi connectivity index (χ0v) is 4.88. The molecule has 0 aromatic carbocycles. The van der Waals surface area contributed by atoms with Gasteiger partial charge < -0.3 is 0 Å². The highest BCUT2D eigenvalue weighted by Gasteiger charge is 1.75. The van der Waals surface area contributed by atoms with Crippen LogP contribution in [0.5, 0.6) is 0 Å². The lowest BCUT2D eigenvalue weighted by molar-refractivity contribution is 1.05. The van der Waals surface area contributed by atoms with Crippen LogP contribution >= 0.6 is 0 Å². The molecule has 0 heteroatoms. The first-order valence-corrected chi connectivity index (χ1v) is 2.98. The van der Waals surface area contributed by atoms with E-state index in [2.05, 4.69) is 36.5 Å². The van der Waals surface area contributed by atoms with E-state index in [1.54, 1.807) is 0 Å². The molecule has 0 aromatic rings. The highest BCUT2D eigenvalue weighted by molar-refractivity contribution is 5.13. The van der Waals surface area contributed by atoms with Crippen molar-refractivity contribution >= 4 is 0 Å². The Balaban J connectivity index is 2.51. The molecule has 0 aromatic heterocycles. The van der Waals surface area contributed by atoms with Gasteiger partial charge >= 0.3 is 0 Å². The standard InChI is InChI=1S/C8H10/c1-2-4-6-8-7-5-3-1/h1-6H,7-8H2/b2-1-,5-3+,6-4?. The predicted octanol–water partition coefficient (Wildman–Crippen LogP) is 2.45. The zero-order chi connectivity index (χ0) is 5.66. The Kier molecular flexibility index (Phi) is 2.18. The molecule has 0 saturated heterocycles. The summed E-state index contributed by atoms with van der Waals surface area (Å²) in [5.41, 5.74) is 0. The molecule has 0 heterocycles. The Labute approximate surface area is 50.2 Å². The van der Waals surface area contributed by atoms with Gasteiger partial charge in [0.1, 0.15) is 0 Å². The van der Waals surface area contributed by atoms with E-state index in [0.29, 0.717) is 0 Å². The normalized spacial score (nSPS) is 26.0. The van der Waals surface area contributed by atoms with Crippen LogP contribution in [-0.2, 0) is 0 Å². The fourth-order valence-corrected chi connectivity index (χ4v) is 0.670. The fraction of sp³-hybridized carbons (Fsp3) is 0.250. The van der Waals surface area contributed by atoms with Crippen LogP contribution in [0.3, 0.4) is 0 Å². The van der Waals surface area contributed by atoms with Crippen molar-refractivity contribution in [3.8, 4) is 0 Å². The molecule has 42 valence electrons. The molecule has 0 amide bonds. The summed E-state index contributed by atoms with van der Waals surface area (Å²) in [5.74, 6) is 0. The second-order valence-electron chi connectivity index (χ2n) is 1.82. The molecule has 8 heavy (non-hydrogen) atoms. The first-order valence-electron chi connectivity index (χ1n) is 2.98. The van der Waals surface area contributed by atoms with Crippen LogP contribution in [0.15, 0.2) is 36.5 Å². The van der Waals surface area contributed by atoms with Crippen LogP contribution in [-0.4, -0.2) is 0 Å². The van der Waals surface area contributed by atoms with E-state index in [9.17, 15) is 0 Å². The van der Waals surface area contributed by atoms with Gasteiger partial charge in [-0.2, -0.15) is 0 Å². The quantitative estimate of drug-likeness (QED) is 0.445. The molecule has 0 nitrogen and oxygen atoms in total. The van der Waals surface area contributed by atoms with Crippen molar-refractivity contribution < 1.29 is 0 Å². The Bertz CT molecular complexity index is 111. The Morgan fingerprint density at radius 1 is 0.625 bits per heavy atom. The summed E-state index contributed by atoms with van der Waals surface area (Å²) in [5, 5.41) is 0. The highest BCUT2D eigenvalue weighted by Crippen LogP contribution is 1.96. The lowest BCUT2D eigenvalue weighted by Crippen LogP contribution is -1.65. The molecule has 0 spiro atoms. The average molecular weight is 106 g/mol. The summed E-state index contributed by atoms with van der Waals surface area (Å²) in [6.07, 6.45) is 15.0. The van der Waals surface area contributed by atoms with Gasteiger partial charge in [-0.25, -0.2) is 0 Å². The van der Waals surface area contributed by atoms with Crippen LogP contribution in [0.25, 0.3) is 0 Å². The largest absolute Gasteiger partial charge is 0.0842 e. The SMILES string of the molecule is C1=CCC/C=C/C=C\1. The van der Waals surface area contributed by atoms with Gasteiger partial charge in [0.25, 0.3) is 0 Å². The summed E-state index contributed by atoms with van der Waals surface area (Å²) in [6, 6.07) is 0. The highest BCUT2D eigenvalue weighted by atomic mass is 13.8. The molecule has 0 aliphatic heterocycles. The van der Waals surface area contributed by atoms with Crippen molar-refractivity contribution in [3.05, 3.63) is 36.5 Å². The van der Waals surface area contributed by atoms with Gasteiger partial charge in [0.15, 0.2) is 0 Å². The molecular weight excluding hydrogens is 96.1 g/mol. The molecule has 1 rings (SSSR count). The number of rotatable bonds is 0. The van der Waals surface area contributed by atoms with Crippen LogP contribution in [0, 0.1) is 0 Å². The first-order chi connectivity index (χ1) is 4.00. The van der Waals surface area contributed by atoms with Gasteiger partial charge in [0.2, 0.25) is 0 Å². The van der Waals surface area contributed by atoms with Crippen LogP contribution < -0.4 is 0 Å². The molecule has 1 aliphatic rings. The van der Waals surface area contributed by atoms with Gasteiger partial charge in [-0.1, -0.05) is 36.5 Å². The lowest BCUT2D eigenvalue weighted by Gasteiger charge is -1.86. The van der Waals surface area contributed by atoms with E-state index < -0.39 is 0 Å². The summed E-state index contributed by atoms with van der Waals surface area (Å²) < 4.78 is 0. The number of hydrogen-bond acceptors (Lipinski definition) is 0. The molecule has 0 fully saturated rings. The fourth-order valence-electron chi connectivity index (χ4n) is 0.670. The number of hydrogen-bond donors (Lipinski definition) is 0. The van der Waals surface area contributed by atoms with Crippen molar-refractivity contribution in [2.75, 3.05) is 0 Å². The maximum atomic E-state index is 2.18. The minimum atomic E-state index is 1.18. The summed E-state index contributed by atoms with van der Waals surface area (Å²) in [6.45, 7) is 0. The Morgan fingerprint density at radius 2 is 1.12 bits per heavy atom. The minimum Gasteiger partial charge on any atom is -0.0842 e. The number of allylic oxidation sites excluding steroid dienone is 6. The van der Waals surface area contributed by atoms with E-state index in [4.69, 9.17) is 0 Å². The van der Waals surface area contributed by atoms with Crippen molar-refractivity contribution in [2.24, 2.45) is 0 Å². The molecular formula is C8H10. The summed E-state index contributed by atoms with van der Waals surface area (Å²) in [7, 11) is 0. The zero-order valence-electron chi connectivity index (χ0n) is 4.88. The van der Waals surface area contributed by atoms with Gasteiger partial charge in [-0.05, 0) is 12.8 Å². The lowest BCUT2D eigenvalue weighted by atomic mass is 10.2. The Hall–Kier alpha value is -0.780. The summed E-state index contributed by atoms with van der Waals surface area (Å²) >= 11 is 0. The minimum absolute atomic E-state index is 1.18. The molecule has 0 saturated carbocycles. The average Bonchev–Trinajstić information content (AvgIpc) is 1.62. The third-order valence-electron chi connectivity index (χ3n) is 1.11. The van der Waals surface area contributed by atoms with Gasteiger partial charge in [0.05, 0.1) is 0 Å². The summed E-state index contributed by atoms with van der Waals surface area (Å²) in [4.78, 5) is 0. The van der Waals surface area contributed by atoms with Crippen LogP contribution in [0.2, 0.25) is 0 Å². The molecule has 0 bridgehead atoms. The van der Waals surface area contributed by atoms with E-state index in [-0.39, 0.29) is 0 Å². The third-order valence-corrected chi connectivity index (χ3v) is 1.11. The van der Waals surface area contributed by atoms with Crippen molar-refractivity contribution in [1.29, 1.82) is 0 Å².